The highest BCUT2D eigenvalue weighted by Gasteiger charge is 2.06. The van der Waals surface area contributed by atoms with Gasteiger partial charge in [-0.2, -0.15) is 0 Å². The van der Waals surface area contributed by atoms with Crippen molar-refractivity contribution in [2.24, 2.45) is 0 Å². The Kier molecular flexibility index (Phi) is 5.03. The molecule has 0 saturated heterocycles. The molecule has 0 aromatic heterocycles. The Labute approximate surface area is 134 Å². The normalized spacial score (nSPS) is 10.4. The molecular weight excluding hydrogens is 315 g/mol. The molecule has 0 bridgehead atoms. The second-order valence-electron chi connectivity index (χ2n) is 4.69. The first-order valence-corrected chi connectivity index (χ1v) is 7.25. The molecule has 0 unspecified atom stereocenters. The van der Waals surface area contributed by atoms with E-state index < -0.39 is 0 Å². The van der Waals surface area contributed by atoms with Crippen molar-refractivity contribution in [3.8, 4) is 0 Å². The van der Waals surface area contributed by atoms with Gasteiger partial charge >= 0.3 is 0 Å². The SMILES string of the molecule is CN(C)c1ccc(Cl)cc1NCc1cc(Cl)cc(Cl)c1. The van der Waals surface area contributed by atoms with Crippen molar-refractivity contribution in [2.75, 3.05) is 24.3 Å². The van der Waals surface area contributed by atoms with Crippen LogP contribution in [0.2, 0.25) is 15.1 Å². The molecule has 106 valence electrons. The molecule has 1 N–H and O–H groups in total. The molecule has 0 amide bonds. The minimum absolute atomic E-state index is 0.626. The molecule has 0 atom stereocenters. The zero-order chi connectivity index (χ0) is 14.7. The van der Waals surface area contributed by atoms with Gasteiger partial charge in [0, 0.05) is 35.7 Å². The van der Waals surface area contributed by atoms with Crippen LogP contribution in [-0.4, -0.2) is 14.1 Å². The number of nitrogens with zero attached hydrogens (tertiary/aromatic N) is 1. The maximum absolute atomic E-state index is 6.05. The monoisotopic (exact) mass is 328 g/mol. The molecule has 0 aliphatic carbocycles. The molecule has 0 fully saturated rings. The summed E-state index contributed by atoms with van der Waals surface area (Å²) < 4.78 is 0. The Bertz CT molecular complexity index is 592. The lowest BCUT2D eigenvalue weighted by molar-refractivity contribution is 1.10. The van der Waals surface area contributed by atoms with Crippen molar-refractivity contribution in [1.29, 1.82) is 0 Å². The quantitative estimate of drug-likeness (QED) is 0.816. The van der Waals surface area contributed by atoms with E-state index in [-0.39, 0.29) is 0 Å². The number of nitrogens with one attached hydrogen (secondary N) is 1. The van der Waals surface area contributed by atoms with Gasteiger partial charge in [-0.15, -0.1) is 0 Å². The molecule has 2 aromatic rings. The smallest absolute Gasteiger partial charge is 0.0597 e. The lowest BCUT2D eigenvalue weighted by atomic mass is 10.2. The van der Waals surface area contributed by atoms with Crippen LogP contribution in [0.15, 0.2) is 36.4 Å². The molecule has 0 heterocycles. The highest BCUT2D eigenvalue weighted by atomic mass is 35.5. The highest BCUT2D eigenvalue weighted by Crippen LogP contribution is 2.28. The molecule has 0 saturated carbocycles. The topological polar surface area (TPSA) is 15.3 Å². The van der Waals surface area contributed by atoms with Gasteiger partial charge in [0.15, 0.2) is 0 Å². The fourth-order valence-electron chi connectivity index (χ4n) is 1.95. The van der Waals surface area contributed by atoms with Crippen molar-refractivity contribution in [1.82, 2.24) is 0 Å². The molecule has 0 spiro atoms. The summed E-state index contributed by atoms with van der Waals surface area (Å²) in [6, 6.07) is 11.3. The first-order valence-electron chi connectivity index (χ1n) is 6.11. The predicted molar refractivity (Wildman–Crippen MR) is 89.6 cm³/mol. The second-order valence-corrected chi connectivity index (χ2v) is 6.00. The Balaban J connectivity index is 2.20. The number of rotatable bonds is 4. The number of hydrogen-bond acceptors (Lipinski definition) is 2. The van der Waals surface area contributed by atoms with Crippen LogP contribution < -0.4 is 10.2 Å². The van der Waals surface area contributed by atoms with Gasteiger partial charge in [-0.05, 0) is 42.0 Å². The summed E-state index contributed by atoms with van der Waals surface area (Å²) >= 11 is 18.0. The Hall–Kier alpha value is -1.09. The van der Waals surface area contributed by atoms with Crippen LogP contribution in [0.25, 0.3) is 0 Å². The highest BCUT2D eigenvalue weighted by molar-refractivity contribution is 6.34. The molecular formula is C15H15Cl3N2. The van der Waals surface area contributed by atoms with E-state index >= 15 is 0 Å². The summed E-state index contributed by atoms with van der Waals surface area (Å²) in [6.45, 7) is 0.626. The average molecular weight is 330 g/mol. The molecule has 0 aliphatic heterocycles. The maximum atomic E-state index is 6.05. The van der Waals surface area contributed by atoms with Gasteiger partial charge in [-0.3, -0.25) is 0 Å². The van der Waals surface area contributed by atoms with Gasteiger partial charge in [0.2, 0.25) is 0 Å². The lowest BCUT2D eigenvalue weighted by Gasteiger charge is -2.19. The minimum atomic E-state index is 0.626. The largest absolute Gasteiger partial charge is 0.379 e. The first kappa shape index (κ1) is 15.3. The molecule has 0 radical (unpaired) electrons. The Morgan fingerprint density at radius 3 is 2.15 bits per heavy atom. The van der Waals surface area contributed by atoms with E-state index in [1.165, 1.54) is 0 Å². The number of benzene rings is 2. The Morgan fingerprint density at radius 1 is 0.900 bits per heavy atom. The lowest BCUT2D eigenvalue weighted by Crippen LogP contribution is -2.12. The van der Waals surface area contributed by atoms with Crippen LogP contribution in [0.4, 0.5) is 11.4 Å². The Morgan fingerprint density at radius 2 is 1.55 bits per heavy atom. The number of halogens is 3. The summed E-state index contributed by atoms with van der Waals surface area (Å²) in [5.41, 5.74) is 3.06. The predicted octanol–water partition coefficient (Wildman–Crippen LogP) is 5.32. The van der Waals surface area contributed by atoms with Gasteiger partial charge in [-0.1, -0.05) is 34.8 Å². The third-order valence-corrected chi connectivity index (χ3v) is 3.52. The van der Waals surface area contributed by atoms with Crippen molar-refractivity contribution in [2.45, 2.75) is 6.54 Å². The summed E-state index contributed by atoms with van der Waals surface area (Å²) in [6.07, 6.45) is 0. The second kappa shape index (κ2) is 6.57. The van der Waals surface area contributed by atoms with Crippen LogP contribution in [0.5, 0.6) is 0 Å². The van der Waals surface area contributed by atoms with Gasteiger partial charge < -0.3 is 10.2 Å². The molecule has 20 heavy (non-hydrogen) atoms. The van der Waals surface area contributed by atoms with E-state index in [9.17, 15) is 0 Å². The molecule has 0 aliphatic rings. The fourth-order valence-corrected chi connectivity index (χ4v) is 2.69. The van der Waals surface area contributed by atoms with Gasteiger partial charge in [0.05, 0.1) is 11.4 Å². The number of hydrogen-bond donors (Lipinski definition) is 1. The van der Waals surface area contributed by atoms with Crippen LogP contribution >= 0.6 is 34.8 Å². The number of anilines is 2. The van der Waals surface area contributed by atoms with Crippen molar-refractivity contribution in [3.05, 3.63) is 57.0 Å². The molecule has 5 heteroatoms. The van der Waals surface area contributed by atoms with E-state index in [0.29, 0.717) is 21.6 Å². The van der Waals surface area contributed by atoms with E-state index in [1.54, 1.807) is 6.07 Å². The van der Waals surface area contributed by atoms with Crippen molar-refractivity contribution >= 4 is 46.2 Å². The van der Waals surface area contributed by atoms with Gasteiger partial charge in [0.25, 0.3) is 0 Å². The minimum Gasteiger partial charge on any atom is -0.379 e. The summed E-state index contributed by atoms with van der Waals surface area (Å²) in [4.78, 5) is 2.03. The van der Waals surface area contributed by atoms with Crippen LogP contribution in [-0.2, 0) is 6.54 Å². The zero-order valence-electron chi connectivity index (χ0n) is 11.3. The van der Waals surface area contributed by atoms with E-state index in [1.807, 2.05) is 49.3 Å². The van der Waals surface area contributed by atoms with E-state index in [0.717, 1.165) is 16.9 Å². The van der Waals surface area contributed by atoms with Crippen LogP contribution in [0.3, 0.4) is 0 Å². The van der Waals surface area contributed by atoms with Crippen molar-refractivity contribution < 1.29 is 0 Å². The zero-order valence-corrected chi connectivity index (χ0v) is 13.5. The van der Waals surface area contributed by atoms with Gasteiger partial charge in [-0.25, -0.2) is 0 Å². The standard InChI is InChI=1S/C15H15Cl3N2/c1-20(2)15-4-3-11(16)8-14(15)19-9-10-5-12(17)7-13(18)6-10/h3-8,19H,9H2,1-2H3. The summed E-state index contributed by atoms with van der Waals surface area (Å²) in [7, 11) is 3.98. The summed E-state index contributed by atoms with van der Waals surface area (Å²) in [5.74, 6) is 0. The summed E-state index contributed by atoms with van der Waals surface area (Å²) in [5, 5.41) is 5.32. The van der Waals surface area contributed by atoms with Crippen LogP contribution in [0, 0.1) is 0 Å². The van der Waals surface area contributed by atoms with E-state index in [4.69, 9.17) is 34.8 Å². The fraction of sp³-hybridized carbons (Fsp3) is 0.200. The van der Waals surface area contributed by atoms with Crippen LogP contribution in [0.1, 0.15) is 5.56 Å². The molecule has 2 aromatic carbocycles. The average Bonchev–Trinajstić information content (AvgIpc) is 2.35. The van der Waals surface area contributed by atoms with E-state index in [2.05, 4.69) is 5.32 Å². The molecule has 2 rings (SSSR count). The first-order chi connectivity index (χ1) is 9.45. The molecule has 2 nitrogen and oxygen atoms in total. The van der Waals surface area contributed by atoms with Gasteiger partial charge in [0.1, 0.15) is 0 Å². The maximum Gasteiger partial charge on any atom is 0.0597 e. The van der Waals surface area contributed by atoms with Crippen molar-refractivity contribution in [3.63, 3.8) is 0 Å². The third kappa shape index (κ3) is 3.95. The third-order valence-electron chi connectivity index (χ3n) is 2.85.